The molecule has 0 N–H and O–H groups in total. The average molecular weight is 422 g/mol. The van der Waals surface area contributed by atoms with E-state index in [0.29, 0.717) is 0 Å². The van der Waals surface area contributed by atoms with Crippen LogP contribution in [-0.2, 0) is 5.41 Å². The molecule has 0 amide bonds. The van der Waals surface area contributed by atoms with Gasteiger partial charge in [-0.1, -0.05) is 57.2 Å². The molecule has 0 aliphatic rings. The molecule has 3 aromatic heterocycles. The van der Waals surface area contributed by atoms with Gasteiger partial charge in [-0.05, 0) is 52.9 Å². The smallest absolute Gasteiger partial charge is 0.152 e. The van der Waals surface area contributed by atoms with Gasteiger partial charge in [0, 0.05) is 27.9 Å². The Morgan fingerprint density at radius 1 is 0.806 bits per heavy atom. The van der Waals surface area contributed by atoms with Crippen LogP contribution in [0.5, 0.6) is 0 Å². The third kappa shape index (κ3) is 2.80. The SMILES string of the molecule is Cc1cc2ccc3c4ccnc(-c5cc(C(C)(C)C)c6ccccc6c5)c4sc3c2o1. The van der Waals surface area contributed by atoms with Gasteiger partial charge in [0.05, 0.1) is 15.1 Å². The lowest BCUT2D eigenvalue weighted by Crippen LogP contribution is -2.12. The van der Waals surface area contributed by atoms with Crippen molar-refractivity contribution in [2.24, 2.45) is 0 Å². The summed E-state index contributed by atoms with van der Waals surface area (Å²) >= 11 is 1.79. The van der Waals surface area contributed by atoms with Crippen LogP contribution in [0.25, 0.3) is 53.2 Å². The summed E-state index contributed by atoms with van der Waals surface area (Å²) in [4.78, 5) is 4.87. The number of aryl methyl sites for hydroxylation is 1. The van der Waals surface area contributed by atoms with Crippen LogP contribution >= 0.6 is 11.3 Å². The van der Waals surface area contributed by atoms with E-state index < -0.39 is 0 Å². The summed E-state index contributed by atoms with van der Waals surface area (Å²) in [5.74, 6) is 0.947. The molecule has 0 bridgehead atoms. The summed E-state index contributed by atoms with van der Waals surface area (Å²) in [5, 5.41) is 6.21. The second-order valence-electron chi connectivity index (χ2n) is 9.35. The fourth-order valence-electron chi connectivity index (χ4n) is 4.66. The Morgan fingerprint density at radius 3 is 2.45 bits per heavy atom. The van der Waals surface area contributed by atoms with Gasteiger partial charge in [0.2, 0.25) is 0 Å². The van der Waals surface area contributed by atoms with Gasteiger partial charge >= 0.3 is 0 Å². The quantitative estimate of drug-likeness (QED) is 0.265. The van der Waals surface area contributed by atoms with Crippen molar-refractivity contribution in [2.45, 2.75) is 33.1 Å². The van der Waals surface area contributed by atoms with E-state index in [1.54, 1.807) is 11.3 Å². The highest BCUT2D eigenvalue weighted by atomic mass is 32.1. The van der Waals surface area contributed by atoms with E-state index in [4.69, 9.17) is 9.40 Å². The zero-order chi connectivity index (χ0) is 21.3. The second-order valence-corrected chi connectivity index (χ2v) is 10.4. The molecule has 6 rings (SSSR count). The van der Waals surface area contributed by atoms with Crippen molar-refractivity contribution in [3.05, 3.63) is 78.2 Å². The van der Waals surface area contributed by atoms with Gasteiger partial charge in [-0.3, -0.25) is 4.98 Å². The van der Waals surface area contributed by atoms with Gasteiger partial charge < -0.3 is 4.42 Å². The summed E-state index contributed by atoms with van der Waals surface area (Å²) in [5.41, 5.74) is 4.60. The summed E-state index contributed by atoms with van der Waals surface area (Å²) in [6.45, 7) is 8.85. The minimum Gasteiger partial charge on any atom is -0.460 e. The molecule has 2 nitrogen and oxygen atoms in total. The Balaban J connectivity index is 1.70. The van der Waals surface area contributed by atoms with Crippen LogP contribution in [0, 0.1) is 6.92 Å². The van der Waals surface area contributed by atoms with Crippen LogP contribution in [0.4, 0.5) is 0 Å². The highest BCUT2D eigenvalue weighted by Gasteiger charge is 2.20. The molecule has 3 heteroatoms. The van der Waals surface area contributed by atoms with Crippen molar-refractivity contribution < 1.29 is 4.42 Å². The van der Waals surface area contributed by atoms with Crippen molar-refractivity contribution >= 4 is 53.3 Å². The zero-order valence-electron chi connectivity index (χ0n) is 18.1. The summed E-state index contributed by atoms with van der Waals surface area (Å²) in [7, 11) is 0. The predicted molar refractivity (Wildman–Crippen MR) is 133 cm³/mol. The van der Waals surface area contributed by atoms with Crippen molar-refractivity contribution in [1.29, 1.82) is 0 Å². The Morgan fingerprint density at radius 2 is 1.61 bits per heavy atom. The average Bonchev–Trinajstić information content (AvgIpc) is 3.31. The molecule has 0 atom stereocenters. The van der Waals surface area contributed by atoms with Crippen LogP contribution in [0.15, 0.2) is 71.3 Å². The number of aromatic nitrogens is 1. The van der Waals surface area contributed by atoms with Crippen LogP contribution in [-0.4, -0.2) is 4.98 Å². The molecule has 31 heavy (non-hydrogen) atoms. The molecule has 152 valence electrons. The molecule has 0 fully saturated rings. The molecule has 0 saturated heterocycles. The number of hydrogen-bond acceptors (Lipinski definition) is 3. The first-order chi connectivity index (χ1) is 14.9. The molecular weight excluding hydrogens is 398 g/mol. The Bertz CT molecular complexity index is 1630. The van der Waals surface area contributed by atoms with E-state index in [-0.39, 0.29) is 5.41 Å². The lowest BCUT2D eigenvalue weighted by molar-refractivity contribution is 0.582. The minimum atomic E-state index is 0.0432. The fraction of sp³-hybridized carbons (Fsp3) is 0.179. The van der Waals surface area contributed by atoms with E-state index in [0.717, 1.165) is 22.4 Å². The molecule has 6 aromatic rings. The number of thiophene rings is 1. The minimum absolute atomic E-state index is 0.0432. The lowest BCUT2D eigenvalue weighted by atomic mass is 9.82. The van der Waals surface area contributed by atoms with Crippen LogP contribution in [0.2, 0.25) is 0 Å². The molecule has 0 radical (unpaired) electrons. The maximum atomic E-state index is 6.07. The number of pyridine rings is 1. The van der Waals surface area contributed by atoms with Crippen molar-refractivity contribution in [2.75, 3.05) is 0 Å². The topological polar surface area (TPSA) is 26.0 Å². The monoisotopic (exact) mass is 421 g/mol. The zero-order valence-corrected chi connectivity index (χ0v) is 18.9. The first-order valence-corrected chi connectivity index (χ1v) is 11.5. The number of benzene rings is 3. The van der Waals surface area contributed by atoms with Gasteiger partial charge in [-0.25, -0.2) is 0 Å². The third-order valence-corrected chi connectivity index (χ3v) is 7.33. The third-order valence-electron chi connectivity index (χ3n) is 6.11. The highest BCUT2D eigenvalue weighted by molar-refractivity contribution is 7.27. The lowest BCUT2D eigenvalue weighted by Gasteiger charge is -2.22. The summed E-state index contributed by atoms with van der Waals surface area (Å²) in [6.07, 6.45) is 1.94. The van der Waals surface area contributed by atoms with Gasteiger partial charge in [0.15, 0.2) is 5.58 Å². The fourth-order valence-corrected chi connectivity index (χ4v) is 5.96. The van der Waals surface area contributed by atoms with Crippen molar-refractivity contribution in [3.8, 4) is 11.3 Å². The van der Waals surface area contributed by atoms with Gasteiger partial charge in [-0.15, -0.1) is 11.3 Å². The normalized spacial score (nSPS) is 12.5. The Labute approximate surface area is 185 Å². The first kappa shape index (κ1) is 18.6. The number of furan rings is 1. The molecule has 0 saturated carbocycles. The predicted octanol–water partition coefficient (Wildman–Crippen LogP) is 8.62. The van der Waals surface area contributed by atoms with Crippen molar-refractivity contribution in [1.82, 2.24) is 4.98 Å². The number of fused-ring (bicyclic) bond motifs is 6. The molecule has 3 heterocycles. The van der Waals surface area contributed by atoms with Crippen LogP contribution < -0.4 is 0 Å². The van der Waals surface area contributed by atoms with Crippen LogP contribution in [0.3, 0.4) is 0 Å². The van der Waals surface area contributed by atoms with Crippen molar-refractivity contribution in [3.63, 3.8) is 0 Å². The molecule has 0 spiro atoms. The van der Waals surface area contributed by atoms with Crippen LogP contribution in [0.1, 0.15) is 32.1 Å². The maximum Gasteiger partial charge on any atom is 0.152 e. The number of nitrogens with zero attached hydrogens (tertiary/aromatic N) is 1. The Hall–Kier alpha value is -3.17. The van der Waals surface area contributed by atoms with E-state index >= 15 is 0 Å². The number of rotatable bonds is 1. The molecule has 0 aliphatic heterocycles. The maximum absolute atomic E-state index is 6.07. The van der Waals surface area contributed by atoms with Gasteiger partial charge in [-0.2, -0.15) is 0 Å². The molecule has 0 aliphatic carbocycles. The molecule has 3 aromatic carbocycles. The number of hydrogen-bond donors (Lipinski definition) is 0. The first-order valence-electron chi connectivity index (χ1n) is 10.6. The van der Waals surface area contributed by atoms with E-state index in [2.05, 4.69) is 81.4 Å². The second kappa shape index (κ2) is 6.41. The van der Waals surface area contributed by atoms with E-state index in [1.165, 1.54) is 42.1 Å². The van der Waals surface area contributed by atoms with E-state index in [9.17, 15) is 0 Å². The summed E-state index contributed by atoms with van der Waals surface area (Å²) < 4.78 is 8.49. The van der Waals surface area contributed by atoms with Gasteiger partial charge in [0.25, 0.3) is 0 Å². The molecular formula is C28H23NOS. The highest BCUT2D eigenvalue weighted by Crippen LogP contribution is 2.43. The van der Waals surface area contributed by atoms with Gasteiger partial charge in [0.1, 0.15) is 5.76 Å². The largest absolute Gasteiger partial charge is 0.460 e. The Kier molecular flexibility index (Phi) is 3.85. The summed E-state index contributed by atoms with van der Waals surface area (Å²) in [6, 6.07) is 21.9. The standard InChI is InChI=1S/C28H23NOS/c1-16-13-18-9-10-21-22-11-12-29-24(26(22)31-27(21)25(18)30-16)19-14-17-7-5-6-8-20(17)23(15-19)28(2,3)4/h5-15H,1-4H3. The van der Waals surface area contributed by atoms with E-state index in [1.807, 2.05) is 13.1 Å². The molecule has 0 unspecified atom stereocenters.